The van der Waals surface area contributed by atoms with Gasteiger partial charge in [-0.15, -0.1) is 5.10 Å². The monoisotopic (exact) mass is 324 g/mol. The molecule has 0 saturated carbocycles. The Morgan fingerprint density at radius 1 is 1.27 bits per heavy atom. The zero-order valence-corrected chi connectivity index (χ0v) is 14.0. The Labute approximate surface area is 135 Å². The Balaban J connectivity index is 1.44. The molecule has 1 atom stereocenters. The average molecular weight is 324 g/mol. The summed E-state index contributed by atoms with van der Waals surface area (Å²) in [7, 11) is 1.81. The van der Waals surface area contributed by atoms with Gasteiger partial charge in [0.1, 0.15) is 0 Å². The second-order valence-corrected chi connectivity index (χ2v) is 7.12. The van der Waals surface area contributed by atoms with Crippen molar-refractivity contribution < 1.29 is 4.79 Å². The van der Waals surface area contributed by atoms with Gasteiger partial charge in [0.2, 0.25) is 11.1 Å². The standard InChI is InChI=1S/C14H24N6OS/c1-18-14(15-16-17-18)22-10-6-13(21)20-9-4-5-12(11-20)19-7-2-3-8-19/h12H,2-11H2,1H3/t12-/m1/s1. The Kier molecular flexibility index (Phi) is 5.30. The summed E-state index contributed by atoms with van der Waals surface area (Å²) < 4.78 is 1.64. The molecule has 0 aromatic carbocycles. The molecule has 0 aliphatic carbocycles. The minimum Gasteiger partial charge on any atom is -0.341 e. The fraction of sp³-hybridized carbons (Fsp3) is 0.857. The maximum absolute atomic E-state index is 12.4. The maximum atomic E-state index is 12.4. The van der Waals surface area contributed by atoms with Crippen molar-refractivity contribution in [3.63, 3.8) is 0 Å². The first-order chi connectivity index (χ1) is 10.7. The molecular formula is C14H24N6OS. The van der Waals surface area contributed by atoms with Gasteiger partial charge in [0, 0.05) is 38.4 Å². The molecule has 2 saturated heterocycles. The van der Waals surface area contributed by atoms with Crippen LogP contribution in [-0.4, -0.2) is 73.9 Å². The quantitative estimate of drug-likeness (QED) is 0.746. The molecular weight excluding hydrogens is 300 g/mol. The van der Waals surface area contributed by atoms with Crippen LogP contribution < -0.4 is 0 Å². The van der Waals surface area contributed by atoms with E-state index in [1.165, 1.54) is 32.4 Å². The number of hydrogen-bond acceptors (Lipinski definition) is 6. The third kappa shape index (κ3) is 3.78. The molecule has 22 heavy (non-hydrogen) atoms. The number of tetrazole rings is 1. The summed E-state index contributed by atoms with van der Waals surface area (Å²) in [5, 5.41) is 12.1. The van der Waals surface area contributed by atoms with E-state index in [4.69, 9.17) is 0 Å². The predicted molar refractivity (Wildman–Crippen MR) is 84.5 cm³/mol. The number of aromatic nitrogens is 4. The Morgan fingerprint density at radius 3 is 2.82 bits per heavy atom. The number of rotatable bonds is 5. The van der Waals surface area contributed by atoms with Gasteiger partial charge in [-0.05, 0) is 49.2 Å². The number of hydrogen-bond donors (Lipinski definition) is 0. The van der Waals surface area contributed by atoms with Crippen LogP contribution in [-0.2, 0) is 11.8 Å². The van der Waals surface area contributed by atoms with Crippen LogP contribution in [0.25, 0.3) is 0 Å². The van der Waals surface area contributed by atoms with E-state index >= 15 is 0 Å². The van der Waals surface area contributed by atoms with E-state index in [2.05, 4.69) is 25.3 Å². The van der Waals surface area contributed by atoms with Gasteiger partial charge >= 0.3 is 0 Å². The van der Waals surface area contributed by atoms with Gasteiger partial charge in [0.05, 0.1) is 0 Å². The van der Waals surface area contributed by atoms with E-state index in [0.717, 1.165) is 30.4 Å². The zero-order valence-electron chi connectivity index (χ0n) is 13.1. The van der Waals surface area contributed by atoms with Gasteiger partial charge in [-0.1, -0.05) is 11.8 Å². The summed E-state index contributed by atoms with van der Waals surface area (Å²) in [6.45, 7) is 4.25. The highest BCUT2D eigenvalue weighted by Gasteiger charge is 2.28. The fourth-order valence-electron chi connectivity index (χ4n) is 3.32. The smallest absolute Gasteiger partial charge is 0.223 e. The largest absolute Gasteiger partial charge is 0.341 e. The highest BCUT2D eigenvalue weighted by atomic mass is 32.2. The van der Waals surface area contributed by atoms with Gasteiger partial charge in [-0.3, -0.25) is 9.69 Å². The molecule has 0 N–H and O–H groups in total. The zero-order chi connectivity index (χ0) is 15.4. The van der Waals surface area contributed by atoms with Crippen molar-refractivity contribution in [2.45, 2.75) is 43.3 Å². The van der Waals surface area contributed by atoms with E-state index in [-0.39, 0.29) is 5.91 Å². The van der Waals surface area contributed by atoms with Crippen molar-refractivity contribution in [3.05, 3.63) is 0 Å². The number of thioether (sulfide) groups is 1. The third-order valence-electron chi connectivity index (χ3n) is 4.53. The lowest BCUT2D eigenvalue weighted by Crippen LogP contribution is -2.49. The van der Waals surface area contributed by atoms with Gasteiger partial charge in [-0.25, -0.2) is 4.68 Å². The molecule has 0 unspecified atom stereocenters. The number of nitrogens with zero attached hydrogens (tertiary/aromatic N) is 6. The molecule has 0 bridgehead atoms. The van der Waals surface area contributed by atoms with E-state index in [0.29, 0.717) is 12.5 Å². The second kappa shape index (κ2) is 7.41. The van der Waals surface area contributed by atoms with E-state index in [9.17, 15) is 4.79 Å². The van der Waals surface area contributed by atoms with Crippen LogP contribution in [0.2, 0.25) is 0 Å². The molecule has 0 radical (unpaired) electrons. The van der Waals surface area contributed by atoms with Crippen LogP contribution in [0.3, 0.4) is 0 Å². The van der Waals surface area contributed by atoms with Crippen molar-refractivity contribution in [1.29, 1.82) is 0 Å². The highest BCUT2D eigenvalue weighted by Crippen LogP contribution is 2.21. The first kappa shape index (κ1) is 15.7. The average Bonchev–Trinajstić information content (AvgIpc) is 3.20. The topological polar surface area (TPSA) is 67.2 Å². The predicted octanol–water partition coefficient (Wildman–Crippen LogP) is 0.779. The number of likely N-dealkylation sites (tertiary alicyclic amines) is 2. The van der Waals surface area contributed by atoms with Crippen LogP contribution in [0.5, 0.6) is 0 Å². The lowest BCUT2D eigenvalue weighted by Gasteiger charge is -2.37. The molecule has 3 rings (SSSR count). The molecule has 1 amide bonds. The Hall–Kier alpha value is -1.15. The Bertz CT molecular complexity index is 501. The number of piperidine rings is 1. The third-order valence-corrected chi connectivity index (χ3v) is 5.55. The van der Waals surface area contributed by atoms with Crippen LogP contribution in [0, 0.1) is 0 Å². The van der Waals surface area contributed by atoms with Gasteiger partial charge < -0.3 is 4.90 Å². The summed E-state index contributed by atoms with van der Waals surface area (Å²) in [4.78, 5) is 17.0. The number of amides is 1. The van der Waals surface area contributed by atoms with E-state index in [1.54, 1.807) is 16.4 Å². The minimum atomic E-state index is 0.270. The molecule has 3 heterocycles. The maximum Gasteiger partial charge on any atom is 0.223 e. The van der Waals surface area contributed by atoms with Crippen molar-refractivity contribution in [1.82, 2.24) is 30.0 Å². The lowest BCUT2D eigenvalue weighted by molar-refractivity contribution is -0.132. The van der Waals surface area contributed by atoms with Crippen molar-refractivity contribution >= 4 is 17.7 Å². The van der Waals surface area contributed by atoms with Crippen LogP contribution >= 0.6 is 11.8 Å². The van der Waals surface area contributed by atoms with Crippen molar-refractivity contribution in [2.75, 3.05) is 31.9 Å². The van der Waals surface area contributed by atoms with Gasteiger partial charge in [-0.2, -0.15) is 0 Å². The number of aryl methyl sites for hydroxylation is 1. The molecule has 8 heteroatoms. The number of carbonyl (C=O) groups is 1. The molecule has 1 aromatic heterocycles. The molecule has 1 aromatic rings. The van der Waals surface area contributed by atoms with Crippen LogP contribution in [0.1, 0.15) is 32.1 Å². The first-order valence-electron chi connectivity index (χ1n) is 8.11. The summed E-state index contributed by atoms with van der Waals surface area (Å²) >= 11 is 1.54. The van der Waals surface area contributed by atoms with E-state index in [1.807, 2.05) is 7.05 Å². The van der Waals surface area contributed by atoms with Gasteiger partial charge in [0.15, 0.2) is 0 Å². The Morgan fingerprint density at radius 2 is 2.09 bits per heavy atom. The van der Waals surface area contributed by atoms with Crippen LogP contribution in [0.15, 0.2) is 5.16 Å². The molecule has 122 valence electrons. The minimum absolute atomic E-state index is 0.270. The molecule has 0 spiro atoms. The summed E-state index contributed by atoms with van der Waals surface area (Å²) in [6.07, 6.45) is 5.56. The normalized spacial score (nSPS) is 23.1. The van der Waals surface area contributed by atoms with Crippen LogP contribution in [0.4, 0.5) is 0 Å². The van der Waals surface area contributed by atoms with E-state index < -0.39 is 0 Å². The summed E-state index contributed by atoms with van der Waals surface area (Å²) in [5.74, 6) is 1.00. The molecule has 2 aliphatic rings. The first-order valence-corrected chi connectivity index (χ1v) is 9.09. The summed E-state index contributed by atoms with van der Waals surface area (Å²) in [6, 6.07) is 0.579. The second-order valence-electron chi connectivity index (χ2n) is 6.06. The SMILES string of the molecule is Cn1nnnc1SCCC(=O)N1CCC[C@@H](N2CCCC2)C1. The lowest BCUT2D eigenvalue weighted by atomic mass is 10.0. The molecule has 2 fully saturated rings. The summed E-state index contributed by atoms with van der Waals surface area (Å²) in [5.41, 5.74) is 0. The molecule has 2 aliphatic heterocycles. The van der Waals surface area contributed by atoms with Crippen molar-refractivity contribution in [2.24, 2.45) is 7.05 Å². The fourth-order valence-corrected chi connectivity index (χ4v) is 4.09. The highest BCUT2D eigenvalue weighted by molar-refractivity contribution is 7.99. The van der Waals surface area contributed by atoms with Gasteiger partial charge in [0.25, 0.3) is 0 Å². The van der Waals surface area contributed by atoms with Crippen molar-refractivity contribution in [3.8, 4) is 0 Å². The molecule has 7 nitrogen and oxygen atoms in total. The number of carbonyl (C=O) groups excluding carboxylic acids is 1.